The van der Waals surface area contributed by atoms with Crippen LogP contribution in [0.5, 0.6) is 5.75 Å². The van der Waals surface area contributed by atoms with E-state index in [-0.39, 0.29) is 17.2 Å². The van der Waals surface area contributed by atoms with Crippen LogP contribution in [0.3, 0.4) is 0 Å². The van der Waals surface area contributed by atoms with E-state index in [1.807, 2.05) is 18.2 Å². The van der Waals surface area contributed by atoms with Crippen LogP contribution < -0.4 is 15.6 Å². The lowest BCUT2D eigenvalue weighted by Crippen LogP contribution is -2.31. The normalized spacial score (nSPS) is 11.0. The van der Waals surface area contributed by atoms with Crippen LogP contribution in [0.2, 0.25) is 0 Å². The van der Waals surface area contributed by atoms with Crippen LogP contribution in [0.15, 0.2) is 83.7 Å². The Labute approximate surface area is 198 Å². The molecule has 0 bridgehead atoms. The molecule has 1 aromatic heterocycles. The molecule has 7 nitrogen and oxygen atoms in total. The fourth-order valence-corrected chi connectivity index (χ4v) is 3.88. The van der Waals surface area contributed by atoms with E-state index in [4.69, 9.17) is 4.74 Å². The molecule has 0 unspecified atom stereocenters. The molecule has 0 aliphatic carbocycles. The number of amides is 1. The minimum absolute atomic E-state index is 0.218. The summed E-state index contributed by atoms with van der Waals surface area (Å²) in [5.74, 6) is 0.295. The molecule has 0 aliphatic rings. The van der Waals surface area contributed by atoms with Gasteiger partial charge >= 0.3 is 0 Å². The second-order valence-corrected chi connectivity index (χ2v) is 8.15. The van der Waals surface area contributed by atoms with Gasteiger partial charge in [-0.3, -0.25) is 9.59 Å². The first-order valence-electron chi connectivity index (χ1n) is 11.2. The van der Waals surface area contributed by atoms with Gasteiger partial charge in [-0.25, -0.2) is 0 Å². The van der Waals surface area contributed by atoms with Gasteiger partial charge in [0.1, 0.15) is 5.75 Å². The quantitative estimate of drug-likeness (QED) is 0.389. The van der Waals surface area contributed by atoms with Crippen molar-refractivity contribution in [2.45, 2.75) is 13.0 Å². The molecule has 0 saturated carbocycles. The van der Waals surface area contributed by atoms with Crippen LogP contribution in [0.4, 0.5) is 0 Å². The molecule has 7 heteroatoms. The zero-order valence-electron chi connectivity index (χ0n) is 19.4. The summed E-state index contributed by atoms with van der Waals surface area (Å²) in [6.07, 6.45) is 0.794. The molecule has 4 rings (SSSR count). The minimum atomic E-state index is -0.307. The third-order valence-electron chi connectivity index (χ3n) is 5.62. The first-order chi connectivity index (χ1) is 16.6. The Morgan fingerprint density at radius 1 is 1.00 bits per heavy atom. The summed E-state index contributed by atoms with van der Waals surface area (Å²) in [4.78, 5) is 28.4. The number of hydrogen-bond donors (Lipinski definition) is 1. The zero-order chi connectivity index (χ0) is 23.9. The van der Waals surface area contributed by atoms with Crippen LogP contribution in [-0.2, 0) is 6.54 Å². The molecule has 174 valence electrons. The minimum Gasteiger partial charge on any atom is -0.497 e. The van der Waals surface area contributed by atoms with E-state index in [0.29, 0.717) is 28.8 Å². The van der Waals surface area contributed by atoms with Crippen molar-refractivity contribution in [3.8, 4) is 11.4 Å². The van der Waals surface area contributed by atoms with Gasteiger partial charge in [0, 0.05) is 24.5 Å². The van der Waals surface area contributed by atoms with Crippen LogP contribution in [0.1, 0.15) is 22.5 Å². The van der Waals surface area contributed by atoms with E-state index in [9.17, 15) is 9.59 Å². The molecule has 0 fully saturated rings. The van der Waals surface area contributed by atoms with E-state index < -0.39 is 0 Å². The number of carbonyl (C=O) groups excluding carboxylic acids is 1. The summed E-state index contributed by atoms with van der Waals surface area (Å²) < 4.78 is 6.53. The molecule has 0 saturated heterocycles. The number of ether oxygens (including phenoxy) is 1. The van der Waals surface area contributed by atoms with E-state index in [1.54, 1.807) is 55.6 Å². The molecule has 0 spiro atoms. The highest BCUT2D eigenvalue weighted by Crippen LogP contribution is 2.18. The fraction of sp³-hybridized carbons (Fsp3) is 0.222. The number of methoxy groups -OCH3 is 1. The van der Waals surface area contributed by atoms with Gasteiger partial charge in [0.25, 0.3) is 11.5 Å². The van der Waals surface area contributed by atoms with Crippen LogP contribution in [0.25, 0.3) is 16.5 Å². The van der Waals surface area contributed by atoms with Gasteiger partial charge in [0.05, 0.1) is 18.2 Å². The van der Waals surface area contributed by atoms with Gasteiger partial charge in [0.2, 0.25) is 0 Å². The predicted molar refractivity (Wildman–Crippen MR) is 134 cm³/mol. The van der Waals surface area contributed by atoms with E-state index in [0.717, 1.165) is 19.5 Å². The Bertz CT molecular complexity index is 1330. The van der Waals surface area contributed by atoms with Crippen LogP contribution in [0, 0.1) is 0 Å². The number of hydrogen-bond acceptors (Lipinski definition) is 5. The zero-order valence-corrected chi connectivity index (χ0v) is 19.4. The number of benzene rings is 3. The van der Waals surface area contributed by atoms with Gasteiger partial charge < -0.3 is 15.0 Å². The summed E-state index contributed by atoms with van der Waals surface area (Å²) in [7, 11) is 3.62. The Morgan fingerprint density at radius 3 is 2.50 bits per heavy atom. The average molecular weight is 457 g/mol. The lowest BCUT2D eigenvalue weighted by Gasteiger charge is -2.17. The Kier molecular flexibility index (Phi) is 7.34. The summed E-state index contributed by atoms with van der Waals surface area (Å²) in [5, 5.41) is 8.38. The predicted octanol–water partition coefficient (Wildman–Crippen LogP) is 3.65. The van der Waals surface area contributed by atoms with Crippen LogP contribution >= 0.6 is 0 Å². The van der Waals surface area contributed by atoms with Crippen molar-refractivity contribution in [1.82, 2.24) is 20.0 Å². The molecule has 0 aliphatic heterocycles. The topological polar surface area (TPSA) is 76.5 Å². The molecule has 3 aromatic carbocycles. The van der Waals surface area contributed by atoms with Crippen molar-refractivity contribution in [3.05, 3.63) is 100 Å². The molecule has 0 radical (unpaired) electrons. The maximum Gasteiger partial charge on any atom is 0.279 e. The highest BCUT2D eigenvalue weighted by Gasteiger charge is 2.17. The standard InChI is InChI=1S/C27H28N4O3/c1-30(19-20-10-4-3-5-11-20)17-9-16-28-26(32)25-23-14-6-7-15-24(23)27(33)31(29-25)21-12-8-13-22(18-21)34-2/h3-8,10-15,18H,9,16-17,19H2,1-2H3,(H,28,32). The average Bonchev–Trinajstić information content (AvgIpc) is 2.87. The second-order valence-electron chi connectivity index (χ2n) is 8.15. The van der Waals surface area contributed by atoms with Gasteiger partial charge in [-0.2, -0.15) is 9.78 Å². The van der Waals surface area contributed by atoms with Crippen molar-refractivity contribution in [1.29, 1.82) is 0 Å². The maximum atomic E-state index is 13.1. The van der Waals surface area contributed by atoms with Crippen molar-refractivity contribution in [2.24, 2.45) is 0 Å². The summed E-state index contributed by atoms with van der Waals surface area (Å²) >= 11 is 0. The first kappa shape index (κ1) is 23.2. The van der Waals surface area contributed by atoms with Crippen molar-refractivity contribution in [3.63, 3.8) is 0 Å². The molecule has 34 heavy (non-hydrogen) atoms. The van der Waals surface area contributed by atoms with Crippen molar-refractivity contribution < 1.29 is 9.53 Å². The third kappa shape index (κ3) is 5.32. The van der Waals surface area contributed by atoms with Crippen molar-refractivity contribution >= 4 is 16.7 Å². The smallest absolute Gasteiger partial charge is 0.279 e. The maximum absolute atomic E-state index is 13.1. The monoisotopic (exact) mass is 456 g/mol. The third-order valence-corrected chi connectivity index (χ3v) is 5.62. The Hall–Kier alpha value is -3.97. The molecule has 0 atom stereocenters. The first-order valence-corrected chi connectivity index (χ1v) is 11.2. The summed E-state index contributed by atoms with van der Waals surface area (Å²) in [5.41, 5.74) is 1.72. The summed E-state index contributed by atoms with van der Waals surface area (Å²) in [6, 6.07) is 24.4. The summed E-state index contributed by atoms with van der Waals surface area (Å²) in [6.45, 7) is 2.20. The Morgan fingerprint density at radius 2 is 1.74 bits per heavy atom. The highest BCUT2D eigenvalue weighted by atomic mass is 16.5. The number of fused-ring (bicyclic) bond motifs is 1. The lowest BCUT2D eigenvalue weighted by molar-refractivity contribution is 0.0947. The van der Waals surface area contributed by atoms with Gasteiger partial charge in [-0.05, 0) is 43.8 Å². The molecule has 1 amide bonds. The molecular weight excluding hydrogens is 428 g/mol. The number of nitrogens with zero attached hydrogens (tertiary/aromatic N) is 3. The SMILES string of the molecule is COc1cccc(-n2nc(C(=O)NCCCN(C)Cc3ccccc3)c3ccccc3c2=O)c1. The fourth-order valence-electron chi connectivity index (χ4n) is 3.88. The molecule has 4 aromatic rings. The van der Waals surface area contributed by atoms with Gasteiger partial charge in [-0.1, -0.05) is 54.6 Å². The lowest BCUT2D eigenvalue weighted by atomic mass is 10.1. The van der Waals surface area contributed by atoms with E-state index >= 15 is 0 Å². The highest BCUT2D eigenvalue weighted by molar-refractivity contribution is 6.04. The number of nitrogens with one attached hydrogen (secondary N) is 1. The second kappa shape index (κ2) is 10.8. The van der Waals surface area contributed by atoms with Gasteiger partial charge in [-0.15, -0.1) is 0 Å². The number of carbonyl (C=O) groups is 1. The molecule has 1 N–H and O–H groups in total. The molecular formula is C27H28N4O3. The van der Waals surface area contributed by atoms with E-state index in [1.165, 1.54) is 10.2 Å². The number of rotatable bonds is 9. The largest absolute Gasteiger partial charge is 0.497 e. The van der Waals surface area contributed by atoms with Crippen molar-refractivity contribution in [2.75, 3.05) is 27.2 Å². The van der Waals surface area contributed by atoms with Crippen LogP contribution in [-0.4, -0.2) is 47.8 Å². The van der Waals surface area contributed by atoms with Gasteiger partial charge in [0.15, 0.2) is 5.69 Å². The van der Waals surface area contributed by atoms with E-state index in [2.05, 4.69) is 34.5 Å². The Balaban J connectivity index is 1.50. The number of aromatic nitrogens is 2. The molecule has 1 heterocycles.